The summed E-state index contributed by atoms with van der Waals surface area (Å²) in [5.74, 6) is 0.614. The number of rotatable bonds is 9. The van der Waals surface area contributed by atoms with E-state index in [2.05, 4.69) is 33.0 Å². The maximum absolute atomic E-state index is 12.9. The number of hydrogen-bond acceptors (Lipinski definition) is 8. The number of primary amides is 1. The summed E-state index contributed by atoms with van der Waals surface area (Å²) >= 11 is 0. The highest BCUT2D eigenvalue weighted by atomic mass is 32.2. The van der Waals surface area contributed by atoms with Crippen molar-refractivity contribution in [1.29, 1.82) is 5.26 Å². The second-order valence-electron chi connectivity index (χ2n) is 12.4. The van der Waals surface area contributed by atoms with Gasteiger partial charge in [0.2, 0.25) is 9.84 Å². The molecule has 0 spiro atoms. The van der Waals surface area contributed by atoms with Crippen LogP contribution < -0.4 is 10.6 Å². The standard InChI is InChI=1S/C34H39N5O4S/c35-24-34(26-5-2-1-3-6-26,31-7-4-8-32(31)43-33(36)40)27-15-19-38(20-16-27)21-25-22-39(23-25)28-9-11-29(12-10-28)44(41,42)30-13-17-37-18-14-30/h1-3,5-6,9-14,17-18,25,27,31-32H,4,7-8,15-16,19-23H2,(H2,36,40). The van der Waals surface area contributed by atoms with E-state index in [1.807, 2.05) is 30.3 Å². The van der Waals surface area contributed by atoms with Crippen LogP contribution in [0.25, 0.3) is 0 Å². The molecule has 0 radical (unpaired) electrons. The summed E-state index contributed by atoms with van der Waals surface area (Å²) < 4.78 is 31.4. The van der Waals surface area contributed by atoms with Crippen LogP contribution in [0.2, 0.25) is 0 Å². The minimum atomic E-state index is -3.56. The summed E-state index contributed by atoms with van der Waals surface area (Å²) in [6.07, 6.45) is 6.18. The molecule has 44 heavy (non-hydrogen) atoms. The Kier molecular flexibility index (Phi) is 8.61. The topological polar surface area (TPSA) is 130 Å². The maximum Gasteiger partial charge on any atom is 0.404 e. The first-order valence-electron chi connectivity index (χ1n) is 15.5. The lowest BCUT2D eigenvalue weighted by Gasteiger charge is -2.47. The molecule has 0 bridgehead atoms. The first kappa shape index (κ1) is 30.1. The third-order valence-corrected chi connectivity index (χ3v) is 11.7. The van der Waals surface area contributed by atoms with E-state index in [4.69, 9.17) is 10.5 Å². The monoisotopic (exact) mass is 613 g/mol. The highest BCUT2D eigenvalue weighted by Gasteiger charge is 2.53. The average Bonchev–Trinajstić information content (AvgIpc) is 3.49. The van der Waals surface area contributed by atoms with Gasteiger partial charge < -0.3 is 20.3 Å². The summed E-state index contributed by atoms with van der Waals surface area (Å²) in [5, 5.41) is 10.8. The number of anilines is 1. The number of nitriles is 1. The molecule has 3 heterocycles. The molecular formula is C34H39N5O4S. The van der Waals surface area contributed by atoms with Crippen LogP contribution in [-0.2, 0) is 20.0 Å². The molecule has 230 valence electrons. The van der Waals surface area contributed by atoms with Crippen molar-refractivity contribution < 1.29 is 17.9 Å². The van der Waals surface area contributed by atoms with Crippen LogP contribution in [0.5, 0.6) is 0 Å². The van der Waals surface area contributed by atoms with Crippen LogP contribution in [0.3, 0.4) is 0 Å². The molecule has 1 saturated carbocycles. The van der Waals surface area contributed by atoms with E-state index in [-0.39, 0.29) is 27.7 Å². The van der Waals surface area contributed by atoms with Crippen LogP contribution in [-0.4, -0.2) is 63.2 Å². The van der Waals surface area contributed by atoms with Gasteiger partial charge in [0.05, 0.1) is 21.3 Å². The molecule has 1 amide bonds. The number of amides is 1. The van der Waals surface area contributed by atoms with Crippen LogP contribution in [0.1, 0.15) is 37.7 Å². The van der Waals surface area contributed by atoms with Gasteiger partial charge in [0.25, 0.3) is 0 Å². The molecule has 2 N–H and O–H groups in total. The Balaban J connectivity index is 1.06. The minimum Gasteiger partial charge on any atom is -0.446 e. The lowest BCUT2D eigenvalue weighted by molar-refractivity contribution is 0.0337. The number of likely N-dealkylation sites (tertiary alicyclic amines) is 1. The normalized spacial score (nSPS) is 22.9. The predicted molar refractivity (Wildman–Crippen MR) is 167 cm³/mol. The fourth-order valence-corrected chi connectivity index (χ4v) is 9.01. The number of piperidine rings is 1. The van der Waals surface area contributed by atoms with Gasteiger partial charge >= 0.3 is 6.09 Å². The molecule has 3 unspecified atom stereocenters. The fraction of sp³-hybridized carbons (Fsp3) is 0.441. The summed E-state index contributed by atoms with van der Waals surface area (Å²) in [6.45, 7) is 4.70. The molecule has 6 rings (SSSR count). The lowest BCUT2D eigenvalue weighted by atomic mass is 9.59. The Morgan fingerprint density at radius 1 is 0.955 bits per heavy atom. The van der Waals surface area contributed by atoms with Gasteiger partial charge in [-0.1, -0.05) is 30.3 Å². The average molecular weight is 614 g/mol. The smallest absolute Gasteiger partial charge is 0.404 e. The first-order chi connectivity index (χ1) is 21.3. The second-order valence-corrected chi connectivity index (χ2v) is 14.3. The quantitative estimate of drug-likeness (QED) is 0.365. The van der Waals surface area contributed by atoms with Crippen molar-refractivity contribution in [2.75, 3.05) is 37.6 Å². The molecule has 2 aromatic carbocycles. The number of hydrogen-bond donors (Lipinski definition) is 1. The van der Waals surface area contributed by atoms with E-state index in [1.165, 1.54) is 24.5 Å². The molecule has 3 fully saturated rings. The van der Waals surface area contributed by atoms with Gasteiger partial charge in [-0.15, -0.1) is 0 Å². The lowest BCUT2D eigenvalue weighted by Crippen LogP contribution is -2.54. The Bertz CT molecular complexity index is 1580. The van der Waals surface area contributed by atoms with Crippen molar-refractivity contribution in [1.82, 2.24) is 9.88 Å². The van der Waals surface area contributed by atoms with Crippen molar-refractivity contribution >= 4 is 21.6 Å². The molecule has 2 saturated heterocycles. The summed E-state index contributed by atoms with van der Waals surface area (Å²) in [7, 11) is -3.56. The van der Waals surface area contributed by atoms with Crippen molar-refractivity contribution in [3.05, 3.63) is 84.7 Å². The highest BCUT2D eigenvalue weighted by Crippen LogP contribution is 2.51. The number of benzene rings is 2. The third-order valence-electron chi connectivity index (χ3n) is 9.92. The zero-order valence-corrected chi connectivity index (χ0v) is 25.6. The van der Waals surface area contributed by atoms with Gasteiger partial charge in [-0.05, 0) is 93.1 Å². The number of nitrogens with two attached hydrogens (primary N) is 1. The van der Waals surface area contributed by atoms with E-state index in [0.29, 0.717) is 5.92 Å². The van der Waals surface area contributed by atoms with Gasteiger partial charge in [-0.2, -0.15) is 5.26 Å². The molecule has 3 aromatic rings. The van der Waals surface area contributed by atoms with Crippen LogP contribution in [0, 0.1) is 29.1 Å². The van der Waals surface area contributed by atoms with Crippen LogP contribution in [0.4, 0.5) is 10.5 Å². The Morgan fingerprint density at radius 2 is 1.61 bits per heavy atom. The molecule has 1 aromatic heterocycles. The molecule has 3 atom stereocenters. The Hall–Kier alpha value is -3.94. The van der Waals surface area contributed by atoms with Crippen LogP contribution >= 0.6 is 0 Å². The van der Waals surface area contributed by atoms with Gasteiger partial charge in [0, 0.05) is 49.6 Å². The minimum absolute atomic E-state index is 0.0785. The number of sulfone groups is 1. The first-order valence-corrected chi connectivity index (χ1v) is 16.9. The predicted octanol–water partition coefficient (Wildman–Crippen LogP) is 4.79. The van der Waals surface area contributed by atoms with Crippen molar-refractivity contribution in [2.45, 2.75) is 53.4 Å². The Morgan fingerprint density at radius 3 is 2.25 bits per heavy atom. The summed E-state index contributed by atoms with van der Waals surface area (Å²) in [5.41, 5.74) is 6.75. The SMILES string of the molecule is N#CC(c1ccccc1)(C1CCN(CC2CN(c3ccc(S(=O)(=O)c4ccncc4)cc3)C2)CC1)C1CCCC1OC(N)=O. The number of carbonyl (C=O) groups is 1. The van der Waals surface area contributed by atoms with E-state index in [0.717, 1.165) is 76.1 Å². The largest absolute Gasteiger partial charge is 0.446 e. The number of carbonyl (C=O) groups excluding carboxylic acids is 1. The second kappa shape index (κ2) is 12.6. The maximum atomic E-state index is 12.9. The van der Waals surface area contributed by atoms with E-state index < -0.39 is 21.3 Å². The molecule has 2 aliphatic heterocycles. The molecule has 9 nitrogen and oxygen atoms in total. The highest BCUT2D eigenvalue weighted by molar-refractivity contribution is 7.91. The van der Waals surface area contributed by atoms with E-state index in [9.17, 15) is 18.5 Å². The number of nitrogens with zero attached hydrogens (tertiary/aromatic N) is 4. The fourth-order valence-electron chi connectivity index (χ4n) is 7.76. The van der Waals surface area contributed by atoms with Gasteiger partial charge in [0.1, 0.15) is 6.10 Å². The van der Waals surface area contributed by atoms with Gasteiger partial charge in [0.15, 0.2) is 0 Å². The zero-order valence-electron chi connectivity index (χ0n) is 24.8. The van der Waals surface area contributed by atoms with Crippen molar-refractivity contribution in [3.8, 4) is 6.07 Å². The Labute approximate surface area is 259 Å². The van der Waals surface area contributed by atoms with Gasteiger partial charge in [-0.25, -0.2) is 13.2 Å². The zero-order chi connectivity index (χ0) is 30.7. The molecule has 1 aliphatic carbocycles. The summed E-state index contributed by atoms with van der Waals surface area (Å²) in [6, 6.07) is 23.0. The molecular weight excluding hydrogens is 574 g/mol. The van der Waals surface area contributed by atoms with E-state index in [1.54, 1.807) is 12.1 Å². The van der Waals surface area contributed by atoms with Crippen molar-refractivity contribution in [3.63, 3.8) is 0 Å². The van der Waals surface area contributed by atoms with Crippen molar-refractivity contribution in [2.24, 2.45) is 23.5 Å². The molecule has 10 heteroatoms. The van der Waals surface area contributed by atoms with Gasteiger partial charge in [-0.3, -0.25) is 4.98 Å². The summed E-state index contributed by atoms with van der Waals surface area (Å²) in [4.78, 5) is 20.9. The number of ether oxygens (including phenoxy) is 1. The van der Waals surface area contributed by atoms with Crippen LogP contribution in [0.15, 0.2) is 88.9 Å². The number of aromatic nitrogens is 1. The molecule has 3 aliphatic rings. The third kappa shape index (κ3) is 5.78. The number of pyridine rings is 1. The van der Waals surface area contributed by atoms with E-state index >= 15 is 0 Å².